The molecule has 9 heteroatoms. The highest BCUT2D eigenvalue weighted by Crippen LogP contribution is 2.10. The maximum absolute atomic E-state index is 11.2. The van der Waals surface area contributed by atoms with Crippen LogP contribution in [-0.4, -0.2) is 36.7 Å². The van der Waals surface area contributed by atoms with Crippen LogP contribution in [0.5, 0.6) is 0 Å². The zero-order valence-corrected chi connectivity index (χ0v) is 13.7. The molecular weight excluding hydrogens is 316 g/mol. The summed E-state index contributed by atoms with van der Waals surface area (Å²) in [5.41, 5.74) is 0.997. The van der Waals surface area contributed by atoms with Crippen LogP contribution in [0.1, 0.15) is 18.9 Å². The van der Waals surface area contributed by atoms with Crippen molar-refractivity contribution in [1.29, 1.82) is 0 Å². The van der Waals surface area contributed by atoms with E-state index in [1.54, 1.807) is 18.3 Å². The molecule has 0 unspecified atom stereocenters. The molecular formula is C14H20N6O2S. The quantitative estimate of drug-likeness (QED) is 0.657. The minimum absolute atomic E-state index is 0.112. The molecule has 4 N–H and O–H groups in total. The Hall–Kier alpha value is -2.26. The number of benzene rings is 1. The zero-order valence-electron chi connectivity index (χ0n) is 12.9. The van der Waals surface area contributed by atoms with Crippen LogP contribution in [0.15, 0.2) is 35.4 Å². The van der Waals surface area contributed by atoms with Crippen molar-refractivity contribution in [2.24, 2.45) is 5.14 Å². The van der Waals surface area contributed by atoms with E-state index in [-0.39, 0.29) is 4.90 Å². The summed E-state index contributed by atoms with van der Waals surface area (Å²) < 4.78 is 22.4. The van der Waals surface area contributed by atoms with Gasteiger partial charge in [-0.3, -0.25) is 0 Å². The number of hydrogen-bond acceptors (Lipinski definition) is 7. The van der Waals surface area contributed by atoms with Crippen LogP contribution in [0.2, 0.25) is 0 Å². The summed E-state index contributed by atoms with van der Waals surface area (Å²) in [5.74, 6) is 1.13. The van der Waals surface area contributed by atoms with Gasteiger partial charge < -0.3 is 10.6 Å². The monoisotopic (exact) mass is 336 g/mol. The molecule has 0 amide bonds. The Bertz CT molecular complexity index is 733. The average Bonchev–Trinajstić information content (AvgIpc) is 2.53. The molecule has 0 atom stereocenters. The van der Waals surface area contributed by atoms with Gasteiger partial charge in [-0.15, -0.1) is 5.10 Å². The topological polar surface area (TPSA) is 123 Å². The van der Waals surface area contributed by atoms with Crippen molar-refractivity contribution >= 4 is 21.8 Å². The van der Waals surface area contributed by atoms with Gasteiger partial charge in [-0.2, -0.15) is 10.1 Å². The van der Waals surface area contributed by atoms with E-state index in [1.807, 2.05) is 0 Å². The number of nitrogens with one attached hydrogen (secondary N) is 2. The van der Waals surface area contributed by atoms with Crippen LogP contribution < -0.4 is 15.8 Å². The van der Waals surface area contributed by atoms with Crippen LogP contribution in [0.3, 0.4) is 0 Å². The van der Waals surface area contributed by atoms with Crippen molar-refractivity contribution < 1.29 is 8.42 Å². The average molecular weight is 336 g/mol. The van der Waals surface area contributed by atoms with E-state index in [1.165, 1.54) is 12.1 Å². The molecule has 0 saturated carbocycles. The molecule has 2 rings (SSSR count). The first-order valence-electron chi connectivity index (χ1n) is 7.28. The van der Waals surface area contributed by atoms with E-state index in [2.05, 4.69) is 32.7 Å². The lowest BCUT2D eigenvalue weighted by molar-refractivity contribution is 0.598. The highest BCUT2D eigenvalue weighted by atomic mass is 32.2. The van der Waals surface area contributed by atoms with Crippen molar-refractivity contribution in [2.45, 2.75) is 24.7 Å². The van der Waals surface area contributed by atoms with Crippen molar-refractivity contribution in [1.82, 2.24) is 15.2 Å². The Morgan fingerprint density at radius 1 is 1.13 bits per heavy atom. The minimum atomic E-state index is -3.64. The summed E-state index contributed by atoms with van der Waals surface area (Å²) in [7, 11) is -3.64. The van der Waals surface area contributed by atoms with Gasteiger partial charge in [-0.05, 0) is 30.5 Å². The van der Waals surface area contributed by atoms with Gasteiger partial charge in [0, 0.05) is 13.1 Å². The number of primary sulfonamides is 1. The zero-order chi connectivity index (χ0) is 16.7. The van der Waals surface area contributed by atoms with Gasteiger partial charge in [0.25, 0.3) is 0 Å². The second-order valence-corrected chi connectivity index (χ2v) is 6.52. The summed E-state index contributed by atoms with van der Waals surface area (Å²) in [6.07, 6.45) is 3.25. The first-order chi connectivity index (χ1) is 11.0. The predicted octanol–water partition coefficient (Wildman–Crippen LogP) is 0.996. The number of sulfonamides is 1. The SMILES string of the molecule is CCCNc1nncc(NCCc2ccc(S(N)(=O)=O)cc2)n1. The third kappa shape index (κ3) is 5.46. The van der Waals surface area contributed by atoms with E-state index in [9.17, 15) is 8.42 Å². The summed E-state index contributed by atoms with van der Waals surface area (Å²) in [6, 6.07) is 6.50. The molecule has 1 aromatic heterocycles. The Kier molecular flexibility index (Phi) is 5.83. The number of hydrogen-bond donors (Lipinski definition) is 3. The molecule has 0 spiro atoms. The predicted molar refractivity (Wildman–Crippen MR) is 88.6 cm³/mol. The number of rotatable bonds is 8. The fourth-order valence-corrected chi connectivity index (χ4v) is 2.40. The van der Waals surface area contributed by atoms with Gasteiger partial charge in [0.2, 0.25) is 16.0 Å². The molecule has 1 heterocycles. The number of nitrogens with zero attached hydrogens (tertiary/aromatic N) is 3. The Labute approximate surface area is 135 Å². The Morgan fingerprint density at radius 2 is 1.87 bits per heavy atom. The van der Waals surface area contributed by atoms with E-state index in [0.29, 0.717) is 24.7 Å². The fraction of sp³-hybridized carbons (Fsp3) is 0.357. The molecule has 0 bridgehead atoms. The first-order valence-corrected chi connectivity index (χ1v) is 8.83. The van der Waals surface area contributed by atoms with Crippen LogP contribution in [-0.2, 0) is 16.4 Å². The van der Waals surface area contributed by atoms with Crippen molar-refractivity contribution in [3.63, 3.8) is 0 Å². The van der Waals surface area contributed by atoms with Gasteiger partial charge >= 0.3 is 0 Å². The number of nitrogens with two attached hydrogens (primary N) is 1. The van der Waals surface area contributed by atoms with Crippen LogP contribution >= 0.6 is 0 Å². The highest BCUT2D eigenvalue weighted by molar-refractivity contribution is 7.89. The molecule has 0 aliphatic rings. The molecule has 2 aromatic rings. The molecule has 0 aliphatic heterocycles. The minimum Gasteiger partial charge on any atom is -0.368 e. The molecule has 0 aliphatic carbocycles. The summed E-state index contributed by atoms with van der Waals surface area (Å²) in [5, 5.41) is 19.1. The lowest BCUT2D eigenvalue weighted by Crippen LogP contribution is -2.12. The second-order valence-electron chi connectivity index (χ2n) is 4.96. The number of aromatic nitrogens is 3. The molecule has 23 heavy (non-hydrogen) atoms. The van der Waals surface area contributed by atoms with Crippen molar-refractivity contribution in [3.8, 4) is 0 Å². The third-order valence-corrected chi connectivity index (χ3v) is 3.99. The molecule has 0 radical (unpaired) electrons. The first kappa shape index (κ1) is 17.1. The maximum Gasteiger partial charge on any atom is 0.244 e. The van der Waals surface area contributed by atoms with Gasteiger partial charge in [-0.1, -0.05) is 19.1 Å². The van der Waals surface area contributed by atoms with Crippen LogP contribution in [0.25, 0.3) is 0 Å². The maximum atomic E-state index is 11.2. The van der Waals surface area contributed by atoms with Gasteiger partial charge in [-0.25, -0.2) is 13.6 Å². The van der Waals surface area contributed by atoms with E-state index >= 15 is 0 Å². The third-order valence-electron chi connectivity index (χ3n) is 3.06. The highest BCUT2D eigenvalue weighted by Gasteiger charge is 2.06. The van der Waals surface area contributed by atoms with Gasteiger partial charge in [0.15, 0.2) is 5.82 Å². The largest absolute Gasteiger partial charge is 0.368 e. The lowest BCUT2D eigenvalue weighted by atomic mass is 10.1. The fourth-order valence-electron chi connectivity index (χ4n) is 1.88. The standard InChI is InChI=1S/C14H20N6O2S/c1-2-8-17-14-19-13(10-18-20-14)16-9-7-11-3-5-12(6-4-11)23(15,21)22/h3-6,10H,2,7-9H2,1H3,(H2,15,21,22)(H2,16,17,19,20). The molecule has 124 valence electrons. The van der Waals surface area contributed by atoms with E-state index < -0.39 is 10.0 Å². The second kappa shape index (κ2) is 7.84. The smallest absolute Gasteiger partial charge is 0.244 e. The van der Waals surface area contributed by atoms with Gasteiger partial charge in [0.1, 0.15) is 0 Å². The molecule has 8 nitrogen and oxygen atoms in total. The molecule has 1 aromatic carbocycles. The van der Waals surface area contributed by atoms with E-state index in [4.69, 9.17) is 5.14 Å². The summed E-state index contributed by atoms with van der Waals surface area (Å²) in [6.45, 7) is 3.49. The van der Waals surface area contributed by atoms with Crippen molar-refractivity contribution in [3.05, 3.63) is 36.0 Å². The molecule has 0 fully saturated rings. The van der Waals surface area contributed by atoms with Crippen LogP contribution in [0, 0.1) is 0 Å². The normalized spacial score (nSPS) is 11.2. The number of anilines is 2. The van der Waals surface area contributed by atoms with E-state index in [0.717, 1.165) is 18.5 Å². The Balaban J connectivity index is 1.87. The summed E-state index contributed by atoms with van der Waals surface area (Å²) in [4.78, 5) is 4.41. The summed E-state index contributed by atoms with van der Waals surface area (Å²) >= 11 is 0. The van der Waals surface area contributed by atoms with Crippen LogP contribution in [0.4, 0.5) is 11.8 Å². The van der Waals surface area contributed by atoms with Crippen molar-refractivity contribution in [2.75, 3.05) is 23.7 Å². The van der Waals surface area contributed by atoms with Gasteiger partial charge in [0.05, 0.1) is 11.1 Å². The Morgan fingerprint density at radius 3 is 2.52 bits per heavy atom. The lowest BCUT2D eigenvalue weighted by Gasteiger charge is -2.07. The molecule has 0 saturated heterocycles.